The number of ether oxygens (including phenoxy) is 2. The molecule has 202 valence electrons. The molecule has 1 heterocycles. The molecule has 1 aliphatic heterocycles. The Labute approximate surface area is 230 Å². The zero-order chi connectivity index (χ0) is 27.4. The second kappa shape index (κ2) is 12.1. The number of nitrogens with one attached hydrogen (secondary N) is 1. The molecule has 0 spiro atoms. The van der Waals surface area contributed by atoms with E-state index in [1.54, 1.807) is 0 Å². The van der Waals surface area contributed by atoms with Gasteiger partial charge in [0.2, 0.25) is 5.91 Å². The molecule has 6 nitrogen and oxygen atoms in total. The van der Waals surface area contributed by atoms with Crippen LogP contribution in [0.2, 0.25) is 0 Å². The topological polar surface area (TPSA) is 71.0 Å². The first kappa shape index (κ1) is 27.0. The van der Waals surface area contributed by atoms with Crippen molar-refractivity contribution in [1.29, 1.82) is 0 Å². The fraction of sp³-hybridized carbons (Fsp3) is 0.303. The lowest BCUT2D eigenvalue weighted by Crippen LogP contribution is -2.38. The number of nitrogens with zero attached hydrogens (tertiary/aromatic N) is 1. The van der Waals surface area contributed by atoms with Crippen LogP contribution in [0.5, 0.6) is 0 Å². The van der Waals surface area contributed by atoms with Crippen LogP contribution in [0.1, 0.15) is 61.0 Å². The highest BCUT2D eigenvalue weighted by molar-refractivity contribution is 5.88. The van der Waals surface area contributed by atoms with Gasteiger partial charge in [0.15, 0.2) is 6.29 Å². The van der Waals surface area contributed by atoms with Crippen molar-refractivity contribution in [3.63, 3.8) is 0 Å². The quantitative estimate of drug-likeness (QED) is 0.274. The normalized spacial score (nSPS) is 20.2. The Morgan fingerprint density at radius 2 is 1.72 bits per heavy atom. The van der Waals surface area contributed by atoms with Crippen LogP contribution in [-0.4, -0.2) is 35.6 Å². The fourth-order valence-corrected chi connectivity index (χ4v) is 5.20. The molecule has 1 saturated heterocycles. The monoisotopic (exact) mass is 524 g/mol. The number of hydrogen-bond acceptors (Lipinski definition) is 5. The summed E-state index contributed by atoms with van der Waals surface area (Å²) in [6.07, 6.45) is -0.127. The molecule has 39 heavy (non-hydrogen) atoms. The van der Waals surface area contributed by atoms with Gasteiger partial charge in [0, 0.05) is 37.2 Å². The SMILES string of the molecule is CC(=O)Nc1cccc(C2OC(CN(C)C(C)c3ccc4ccccc4c3)CC(c3ccc(CO)cc3)O2)c1. The minimum absolute atomic E-state index is 0.00750. The van der Waals surface area contributed by atoms with E-state index >= 15 is 0 Å². The summed E-state index contributed by atoms with van der Waals surface area (Å²) in [4.78, 5) is 13.9. The lowest BCUT2D eigenvalue weighted by molar-refractivity contribution is -0.253. The number of carbonyl (C=O) groups is 1. The third-order valence-electron chi connectivity index (χ3n) is 7.50. The van der Waals surface area contributed by atoms with Gasteiger partial charge in [-0.2, -0.15) is 0 Å². The van der Waals surface area contributed by atoms with Gasteiger partial charge < -0.3 is 19.9 Å². The lowest BCUT2D eigenvalue weighted by atomic mass is 9.98. The van der Waals surface area contributed by atoms with Gasteiger partial charge >= 0.3 is 0 Å². The minimum Gasteiger partial charge on any atom is -0.392 e. The van der Waals surface area contributed by atoms with Gasteiger partial charge in [0.25, 0.3) is 0 Å². The van der Waals surface area contributed by atoms with E-state index < -0.39 is 6.29 Å². The predicted octanol–water partition coefficient (Wildman–Crippen LogP) is 6.53. The molecule has 1 amide bonds. The second-order valence-electron chi connectivity index (χ2n) is 10.4. The summed E-state index contributed by atoms with van der Waals surface area (Å²) < 4.78 is 13.0. The molecule has 4 atom stereocenters. The maximum atomic E-state index is 11.6. The van der Waals surface area contributed by atoms with Crippen molar-refractivity contribution in [1.82, 2.24) is 4.90 Å². The van der Waals surface area contributed by atoms with Crippen molar-refractivity contribution in [2.75, 3.05) is 18.9 Å². The van der Waals surface area contributed by atoms with Crippen LogP contribution < -0.4 is 5.32 Å². The largest absolute Gasteiger partial charge is 0.392 e. The highest BCUT2D eigenvalue weighted by Gasteiger charge is 2.33. The van der Waals surface area contributed by atoms with Crippen molar-refractivity contribution in [2.45, 2.75) is 51.4 Å². The number of rotatable bonds is 8. The summed E-state index contributed by atoms with van der Waals surface area (Å²) in [7, 11) is 2.14. The molecule has 4 aromatic carbocycles. The Kier molecular flexibility index (Phi) is 8.38. The highest BCUT2D eigenvalue weighted by atomic mass is 16.7. The first-order chi connectivity index (χ1) is 18.9. The average molecular weight is 525 g/mol. The maximum Gasteiger partial charge on any atom is 0.221 e. The van der Waals surface area contributed by atoms with E-state index in [0.29, 0.717) is 12.1 Å². The number of carbonyl (C=O) groups excluding carboxylic acids is 1. The number of hydrogen-bond donors (Lipinski definition) is 2. The molecule has 5 rings (SSSR count). The first-order valence-electron chi connectivity index (χ1n) is 13.5. The number of amides is 1. The smallest absolute Gasteiger partial charge is 0.221 e. The van der Waals surface area contributed by atoms with Crippen molar-refractivity contribution >= 4 is 22.4 Å². The molecule has 4 aromatic rings. The zero-order valence-electron chi connectivity index (χ0n) is 22.7. The number of aliphatic hydroxyl groups is 1. The molecule has 2 N–H and O–H groups in total. The maximum absolute atomic E-state index is 11.6. The van der Waals surface area contributed by atoms with Gasteiger partial charge in [-0.25, -0.2) is 0 Å². The molecule has 6 heteroatoms. The van der Waals surface area contributed by atoms with Crippen molar-refractivity contribution in [3.05, 3.63) is 113 Å². The van der Waals surface area contributed by atoms with E-state index in [2.05, 4.69) is 66.7 Å². The third kappa shape index (κ3) is 6.54. The minimum atomic E-state index is -0.579. The van der Waals surface area contributed by atoms with E-state index in [1.165, 1.54) is 23.3 Å². The van der Waals surface area contributed by atoms with Crippen LogP contribution in [-0.2, 0) is 20.9 Å². The van der Waals surface area contributed by atoms with E-state index in [0.717, 1.165) is 23.2 Å². The molecule has 0 saturated carbocycles. The van der Waals surface area contributed by atoms with Gasteiger partial charge in [-0.1, -0.05) is 72.8 Å². The molecular formula is C33H36N2O4. The Morgan fingerprint density at radius 1 is 0.949 bits per heavy atom. The van der Waals surface area contributed by atoms with Crippen LogP contribution in [0, 0.1) is 0 Å². The molecule has 1 fully saturated rings. The molecule has 0 bridgehead atoms. The average Bonchev–Trinajstić information content (AvgIpc) is 2.96. The summed E-state index contributed by atoms with van der Waals surface area (Å²) in [5, 5.41) is 14.8. The molecule has 0 aromatic heterocycles. The molecule has 4 unspecified atom stereocenters. The molecule has 1 aliphatic rings. The van der Waals surface area contributed by atoms with E-state index in [4.69, 9.17) is 9.47 Å². The number of likely N-dealkylation sites (N-methyl/N-ethyl adjacent to an activating group) is 1. The predicted molar refractivity (Wildman–Crippen MR) is 154 cm³/mol. The van der Waals surface area contributed by atoms with Gasteiger partial charge in [-0.3, -0.25) is 9.69 Å². The summed E-state index contributed by atoms with van der Waals surface area (Å²) in [5.74, 6) is -0.123. The van der Waals surface area contributed by atoms with Crippen molar-refractivity contribution in [2.24, 2.45) is 0 Å². The Morgan fingerprint density at radius 3 is 2.46 bits per heavy atom. The summed E-state index contributed by atoms with van der Waals surface area (Å²) in [6, 6.07) is 30.8. The summed E-state index contributed by atoms with van der Waals surface area (Å²) in [5.41, 5.74) is 4.74. The number of benzene rings is 4. The number of aliphatic hydroxyl groups excluding tert-OH is 1. The number of anilines is 1. The lowest BCUT2D eigenvalue weighted by Gasteiger charge is -2.39. The molecule has 0 aliphatic carbocycles. The fourth-order valence-electron chi connectivity index (χ4n) is 5.20. The van der Waals surface area contributed by atoms with Crippen molar-refractivity contribution in [3.8, 4) is 0 Å². The molecular weight excluding hydrogens is 488 g/mol. The van der Waals surface area contributed by atoms with Crippen LogP contribution in [0.25, 0.3) is 10.8 Å². The van der Waals surface area contributed by atoms with Gasteiger partial charge in [-0.15, -0.1) is 0 Å². The standard InChI is InChI=1S/C33H36N2O4/c1-22(27-16-15-25-7-4-5-8-28(25)17-27)35(3)20-31-19-32(26-13-11-24(21-36)12-14-26)39-33(38-31)29-9-6-10-30(18-29)34-23(2)37/h4-18,22,31-33,36H,19-21H2,1-3H3,(H,34,37). The van der Waals surface area contributed by atoms with Crippen LogP contribution in [0.4, 0.5) is 5.69 Å². The van der Waals surface area contributed by atoms with Crippen LogP contribution in [0.3, 0.4) is 0 Å². The third-order valence-corrected chi connectivity index (χ3v) is 7.50. The van der Waals surface area contributed by atoms with E-state index in [-0.39, 0.29) is 30.8 Å². The van der Waals surface area contributed by atoms with Gasteiger partial charge in [-0.05, 0) is 59.6 Å². The Bertz CT molecular complexity index is 1420. The highest BCUT2D eigenvalue weighted by Crippen LogP contribution is 2.39. The summed E-state index contributed by atoms with van der Waals surface area (Å²) >= 11 is 0. The zero-order valence-corrected chi connectivity index (χ0v) is 22.7. The van der Waals surface area contributed by atoms with E-state index in [9.17, 15) is 9.90 Å². The van der Waals surface area contributed by atoms with Gasteiger partial charge in [0.05, 0.1) is 18.8 Å². The van der Waals surface area contributed by atoms with Crippen LogP contribution in [0.15, 0.2) is 91.0 Å². The van der Waals surface area contributed by atoms with E-state index in [1.807, 2.05) is 48.5 Å². The first-order valence-corrected chi connectivity index (χ1v) is 13.5. The summed E-state index contributed by atoms with van der Waals surface area (Å²) in [6.45, 7) is 4.45. The second-order valence-corrected chi connectivity index (χ2v) is 10.4. The molecule has 0 radical (unpaired) electrons. The van der Waals surface area contributed by atoms with Crippen LogP contribution >= 0.6 is 0 Å². The Hall–Kier alpha value is -3.55. The number of fused-ring (bicyclic) bond motifs is 1. The Balaban J connectivity index is 1.37. The van der Waals surface area contributed by atoms with Gasteiger partial charge in [0.1, 0.15) is 0 Å². The van der Waals surface area contributed by atoms with Crippen molar-refractivity contribution < 1.29 is 19.4 Å².